The zero-order chi connectivity index (χ0) is 13.0. The van der Waals surface area contributed by atoms with E-state index in [-0.39, 0.29) is 0 Å². The zero-order valence-corrected chi connectivity index (χ0v) is 10.6. The van der Waals surface area contributed by atoms with Crippen LogP contribution < -0.4 is 5.32 Å². The van der Waals surface area contributed by atoms with Crippen molar-refractivity contribution >= 4 is 11.4 Å². The molecular weight excluding hydrogens is 222 g/mol. The highest BCUT2D eigenvalue weighted by molar-refractivity contribution is 5.66. The van der Waals surface area contributed by atoms with Gasteiger partial charge in [0.25, 0.3) is 0 Å². The maximum atomic E-state index is 8.71. The highest BCUT2D eigenvalue weighted by atomic mass is 14.9. The van der Waals surface area contributed by atoms with Crippen LogP contribution in [0, 0.1) is 18.3 Å². The first-order chi connectivity index (χ1) is 8.74. The summed E-state index contributed by atoms with van der Waals surface area (Å²) in [5, 5.41) is 12.1. The van der Waals surface area contributed by atoms with E-state index in [1.54, 1.807) is 12.3 Å². The van der Waals surface area contributed by atoms with Crippen LogP contribution in [0.4, 0.5) is 11.4 Å². The summed E-state index contributed by atoms with van der Waals surface area (Å²) in [4.78, 5) is 4.05. The van der Waals surface area contributed by atoms with Crippen molar-refractivity contribution in [3.05, 3.63) is 53.3 Å². The summed E-state index contributed by atoms with van der Waals surface area (Å²) in [5.74, 6) is 0. The van der Waals surface area contributed by atoms with Crippen LogP contribution in [-0.4, -0.2) is 4.98 Å². The third-order valence-electron chi connectivity index (χ3n) is 2.89. The Morgan fingerprint density at radius 2 is 2.11 bits per heavy atom. The van der Waals surface area contributed by atoms with E-state index < -0.39 is 0 Å². The van der Waals surface area contributed by atoms with Gasteiger partial charge in [0.2, 0.25) is 0 Å². The highest BCUT2D eigenvalue weighted by Gasteiger charge is 2.04. The largest absolute Gasteiger partial charge is 0.354 e. The van der Waals surface area contributed by atoms with Crippen molar-refractivity contribution in [2.45, 2.75) is 20.3 Å². The highest BCUT2D eigenvalue weighted by Crippen LogP contribution is 2.24. The molecule has 0 aliphatic heterocycles. The van der Waals surface area contributed by atoms with Gasteiger partial charge in [-0.15, -0.1) is 0 Å². The molecule has 3 heteroatoms. The summed E-state index contributed by atoms with van der Waals surface area (Å²) in [6.07, 6.45) is 2.66. The minimum atomic E-state index is 0.432. The minimum Gasteiger partial charge on any atom is -0.354 e. The van der Waals surface area contributed by atoms with Crippen LogP contribution in [0.25, 0.3) is 0 Å². The Hall–Kier alpha value is -2.34. The van der Waals surface area contributed by atoms with Gasteiger partial charge in [0.15, 0.2) is 0 Å². The molecule has 0 spiro atoms. The second-order valence-corrected chi connectivity index (χ2v) is 4.13. The van der Waals surface area contributed by atoms with E-state index in [1.165, 1.54) is 11.1 Å². The van der Waals surface area contributed by atoms with E-state index in [4.69, 9.17) is 5.26 Å². The van der Waals surface area contributed by atoms with Crippen molar-refractivity contribution in [2.24, 2.45) is 0 Å². The third kappa shape index (κ3) is 2.49. The van der Waals surface area contributed by atoms with Crippen molar-refractivity contribution in [3.63, 3.8) is 0 Å². The molecule has 1 N–H and O–H groups in total. The zero-order valence-electron chi connectivity index (χ0n) is 10.6. The molecule has 0 radical (unpaired) electrons. The van der Waals surface area contributed by atoms with Crippen molar-refractivity contribution in [3.8, 4) is 6.07 Å². The number of pyridine rings is 1. The molecule has 0 saturated carbocycles. The van der Waals surface area contributed by atoms with Crippen LogP contribution in [0.2, 0.25) is 0 Å². The molecule has 0 amide bonds. The lowest BCUT2D eigenvalue weighted by atomic mass is 10.1. The number of aromatic nitrogens is 1. The Bertz CT molecular complexity index is 580. The van der Waals surface area contributed by atoms with Gasteiger partial charge in [0, 0.05) is 5.69 Å². The number of nitriles is 1. The van der Waals surface area contributed by atoms with Crippen LogP contribution in [0.5, 0.6) is 0 Å². The summed E-state index contributed by atoms with van der Waals surface area (Å²) in [6.45, 7) is 4.22. The van der Waals surface area contributed by atoms with E-state index in [9.17, 15) is 0 Å². The summed E-state index contributed by atoms with van der Waals surface area (Å²) in [6, 6.07) is 11.9. The molecule has 0 unspecified atom stereocenters. The van der Waals surface area contributed by atoms with E-state index in [0.717, 1.165) is 17.8 Å². The molecular formula is C15H15N3. The molecule has 3 nitrogen and oxygen atoms in total. The molecule has 0 fully saturated rings. The number of para-hydroxylation sites is 1. The van der Waals surface area contributed by atoms with Crippen molar-refractivity contribution in [1.82, 2.24) is 4.98 Å². The predicted octanol–water partition coefficient (Wildman–Crippen LogP) is 3.57. The van der Waals surface area contributed by atoms with Crippen LogP contribution in [0.3, 0.4) is 0 Å². The summed E-state index contributed by atoms with van der Waals surface area (Å²) in [5.41, 5.74) is 4.95. The lowest BCUT2D eigenvalue weighted by Gasteiger charge is -2.13. The van der Waals surface area contributed by atoms with Crippen LogP contribution >= 0.6 is 0 Å². The first-order valence-electron chi connectivity index (χ1n) is 5.96. The smallest absolute Gasteiger partial charge is 0.140 e. The fraction of sp³-hybridized carbons (Fsp3) is 0.200. The molecule has 0 atom stereocenters. The average molecular weight is 237 g/mol. The van der Waals surface area contributed by atoms with Gasteiger partial charge in [-0.05, 0) is 36.6 Å². The summed E-state index contributed by atoms with van der Waals surface area (Å²) < 4.78 is 0. The second-order valence-electron chi connectivity index (χ2n) is 4.13. The van der Waals surface area contributed by atoms with E-state index in [0.29, 0.717) is 5.69 Å². The number of aryl methyl sites for hydroxylation is 2. The standard InChI is InChI=1S/C15H15N3/c1-3-12-6-4-5-11(2)15(12)18-14-8-7-13(9-16)17-10-14/h4-8,10,18H,3H2,1-2H3. The quantitative estimate of drug-likeness (QED) is 0.887. The number of nitrogens with zero attached hydrogens (tertiary/aromatic N) is 2. The second kappa shape index (κ2) is 5.33. The normalized spacial score (nSPS) is 9.83. The lowest BCUT2D eigenvalue weighted by Crippen LogP contribution is -1.98. The molecule has 2 aromatic rings. The first-order valence-corrected chi connectivity index (χ1v) is 5.96. The Morgan fingerprint density at radius 1 is 1.28 bits per heavy atom. The predicted molar refractivity (Wildman–Crippen MR) is 72.8 cm³/mol. The van der Waals surface area contributed by atoms with Gasteiger partial charge in [-0.2, -0.15) is 5.26 Å². The molecule has 0 saturated heterocycles. The Kier molecular flexibility index (Phi) is 3.59. The molecule has 1 aromatic heterocycles. The summed E-state index contributed by atoms with van der Waals surface area (Å²) >= 11 is 0. The number of anilines is 2. The van der Waals surface area contributed by atoms with E-state index >= 15 is 0 Å². The fourth-order valence-corrected chi connectivity index (χ4v) is 1.88. The Balaban J connectivity index is 2.31. The van der Waals surface area contributed by atoms with Gasteiger partial charge in [-0.3, -0.25) is 0 Å². The Morgan fingerprint density at radius 3 is 2.72 bits per heavy atom. The Labute approximate surface area is 107 Å². The third-order valence-corrected chi connectivity index (χ3v) is 2.89. The number of nitrogens with one attached hydrogen (secondary N) is 1. The maximum absolute atomic E-state index is 8.71. The van der Waals surface area contributed by atoms with Crippen molar-refractivity contribution < 1.29 is 0 Å². The number of benzene rings is 1. The fourth-order valence-electron chi connectivity index (χ4n) is 1.88. The lowest BCUT2D eigenvalue weighted by molar-refractivity contribution is 1.13. The first kappa shape index (κ1) is 12.1. The molecule has 2 rings (SSSR count). The van der Waals surface area contributed by atoms with Gasteiger partial charge in [0.1, 0.15) is 11.8 Å². The topological polar surface area (TPSA) is 48.7 Å². The van der Waals surface area contributed by atoms with Crippen LogP contribution in [-0.2, 0) is 6.42 Å². The molecule has 90 valence electrons. The van der Waals surface area contributed by atoms with Crippen LogP contribution in [0.15, 0.2) is 36.5 Å². The van der Waals surface area contributed by atoms with Gasteiger partial charge >= 0.3 is 0 Å². The van der Waals surface area contributed by atoms with E-state index in [2.05, 4.69) is 42.3 Å². The maximum Gasteiger partial charge on any atom is 0.140 e. The molecule has 1 heterocycles. The van der Waals surface area contributed by atoms with Crippen molar-refractivity contribution in [1.29, 1.82) is 5.26 Å². The van der Waals surface area contributed by atoms with Crippen LogP contribution in [0.1, 0.15) is 23.7 Å². The minimum absolute atomic E-state index is 0.432. The number of rotatable bonds is 3. The monoisotopic (exact) mass is 237 g/mol. The molecule has 0 aliphatic carbocycles. The van der Waals surface area contributed by atoms with Crippen molar-refractivity contribution in [2.75, 3.05) is 5.32 Å². The molecule has 0 bridgehead atoms. The number of hydrogen-bond acceptors (Lipinski definition) is 3. The van der Waals surface area contributed by atoms with Gasteiger partial charge in [-0.1, -0.05) is 25.1 Å². The SMILES string of the molecule is CCc1cccc(C)c1Nc1ccc(C#N)nc1. The van der Waals surface area contributed by atoms with E-state index in [1.807, 2.05) is 12.1 Å². The van der Waals surface area contributed by atoms with Gasteiger partial charge < -0.3 is 5.32 Å². The molecule has 0 aliphatic rings. The molecule has 1 aromatic carbocycles. The number of hydrogen-bond donors (Lipinski definition) is 1. The molecule has 18 heavy (non-hydrogen) atoms. The summed E-state index contributed by atoms with van der Waals surface area (Å²) in [7, 11) is 0. The average Bonchev–Trinajstić information content (AvgIpc) is 2.42. The van der Waals surface area contributed by atoms with Gasteiger partial charge in [0.05, 0.1) is 11.9 Å². The van der Waals surface area contributed by atoms with Gasteiger partial charge in [-0.25, -0.2) is 4.98 Å².